The Labute approximate surface area is 178 Å². The van der Waals surface area contributed by atoms with Gasteiger partial charge in [-0.25, -0.2) is 9.38 Å². The second-order valence-electron chi connectivity index (χ2n) is 7.72. The lowest BCUT2D eigenvalue weighted by atomic mass is 10.1. The van der Waals surface area contributed by atoms with Crippen molar-refractivity contribution in [2.24, 2.45) is 0 Å². The predicted octanol–water partition coefficient (Wildman–Crippen LogP) is 4.14. The number of hydrogen-bond acceptors (Lipinski definition) is 4. The number of thiazole rings is 1. The van der Waals surface area contributed by atoms with Gasteiger partial charge >= 0.3 is 0 Å². The first-order valence-corrected chi connectivity index (χ1v) is 11.4. The molecule has 5 nitrogen and oxygen atoms in total. The highest BCUT2D eigenvalue weighted by molar-refractivity contribution is 7.15. The Morgan fingerprint density at radius 1 is 0.933 bits per heavy atom. The van der Waals surface area contributed by atoms with E-state index in [4.69, 9.17) is 0 Å². The summed E-state index contributed by atoms with van der Waals surface area (Å²) >= 11 is 1.31. The number of aromatic nitrogens is 2. The molecule has 30 heavy (non-hydrogen) atoms. The van der Waals surface area contributed by atoms with Gasteiger partial charge < -0.3 is 4.90 Å². The van der Waals surface area contributed by atoms with Gasteiger partial charge in [0.25, 0.3) is 11.5 Å². The monoisotopic (exact) mass is 417 g/mol. The Bertz CT molecular complexity index is 1370. The number of fused-ring (bicyclic) bond motifs is 4. The largest absolute Gasteiger partial charge is 0.308 e. The number of amides is 1. The molecule has 1 amide bonds. The summed E-state index contributed by atoms with van der Waals surface area (Å²) in [5, 5.41) is 0. The van der Waals surface area contributed by atoms with Crippen LogP contribution in [0, 0.1) is 0 Å². The van der Waals surface area contributed by atoms with Crippen molar-refractivity contribution in [1.29, 1.82) is 0 Å². The molecule has 0 radical (unpaired) electrons. The summed E-state index contributed by atoms with van der Waals surface area (Å²) < 4.78 is 2.11. The fraction of sp³-hybridized carbons (Fsp3) is 0.292. The van der Waals surface area contributed by atoms with Gasteiger partial charge in [-0.05, 0) is 24.6 Å². The number of imidazole rings is 1. The maximum Gasteiger partial charge on any atom is 0.275 e. The smallest absolute Gasteiger partial charge is 0.275 e. The summed E-state index contributed by atoms with van der Waals surface area (Å²) in [6.07, 6.45) is 5.70. The Balaban J connectivity index is 1.62. The third-order valence-corrected chi connectivity index (χ3v) is 6.80. The van der Waals surface area contributed by atoms with Gasteiger partial charge in [0.15, 0.2) is 4.96 Å². The van der Waals surface area contributed by atoms with Crippen molar-refractivity contribution >= 4 is 44.5 Å². The van der Waals surface area contributed by atoms with Gasteiger partial charge in [-0.3, -0.25) is 9.59 Å². The first-order valence-electron chi connectivity index (χ1n) is 10.6. The normalized spacial score (nSPS) is 15.5. The first-order chi connectivity index (χ1) is 14.7. The second-order valence-corrected chi connectivity index (χ2v) is 8.70. The highest BCUT2D eigenvalue weighted by Gasteiger charge is 2.33. The van der Waals surface area contributed by atoms with Crippen molar-refractivity contribution in [1.82, 2.24) is 9.38 Å². The van der Waals surface area contributed by atoms with E-state index in [-0.39, 0.29) is 11.5 Å². The molecule has 0 saturated heterocycles. The van der Waals surface area contributed by atoms with Gasteiger partial charge in [0.05, 0.1) is 22.3 Å². The van der Waals surface area contributed by atoms with Crippen LogP contribution in [0.3, 0.4) is 0 Å². The minimum absolute atomic E-state index is 0.0717. The van der Waals surface area contributed by atoms with Crippen LogP contribution in [0.4, 0.5) is 5.69 Å². The Morgan fingerprint density at radius 3 is 2.57 bits per heavy atom. The summed E-state index contributed by atoms with van der Waals surface area (Å²) in [5.41, 5.74) is 3.69. The molecule has 1 aliphatic rings. The van der Waals surface area contributed by atoms with Crippen LogP contribution in [0.5, 0.6) is 0 Å². The number of anilines is 1. The molecule has 0 spiro atoms. The van der Waals surface area contributed by atoms with E-state index in [9.17, 15) is 9.59 Å². The quantitative estimate of drug-likeness (QED) is 0.443. The van der Waals surface area contributed by atoms with Crippen molar-refractivity contribution in [3.63, 3.8) is 0 Å². The topological polar surface area (TPSA) is 54.7 Å². The van der Waals surface area contributed by atoms with Crippen LogP contribution in [0.2, 0.25) is 0 Å². The van der Waals surface area contributed by atoms with E-state index in [0.717, 1.165) is 35.1 Å². The van der Waals surface area contributed by atoms with Crippen molar-refractivity contribution in [2.75, 3.05) is 11.4 Å². The lowest BCUT2D eigenvalue weighted by Crippen LogP contribution is -2.32. The third kappa shape index (κ3) is 2.94. The van der Waals surface area contributed by atoms with E-state index in [1.807, 2.05) is 53.4 Å². The Morgan fingerprint density at radius 2 is 1.70 bits per heavy atom. The standard InChI is InChI=1S/C24H23N3O2S/c1-2-3-4-5-10-15-26-18-13-8-6-11-16(18)20(22(26)28)21-23(29)27-19-14-9-7-12-17(19)25-24(27)30-21/h6-9,11-14H,2-5,10,15H2,1H3/b21-20-. The molecule has 5 rings (SSSR count). The predicted molar refractivity (Wildman–Crippen MR) is 122 cm³/mol. The van der Waals surface area contributed by atoms with E-state index in [1.54, 1.807) is 4.40 Å². The molecule has 1 aliphatic heterocycles. The Kier molecular flexibility index (Phi) is 4.87. The van der Waals surface area contributed by atoms with Crippen molar-refractivity contribution in [3.05, 3.63) is 69.0 Å². The molecule has 0 atom stereocenters. The van der Waals surface area contributed by atoms with Gasteiger partial charge in [-0.15, -0.1) is 0 Å². The minimum Gasteiger partial charge on any atom is -0.308 e. The van der Waals surface area contributed by atoms with E-state index in [1.165, 1.54) is 30.6 Å². The summed E-state index contributed by atoms with van der Waals surface area (Å²) in [6.45, 7) is 2.88. The number of benzene rings is 2. The lowest BCUT2D eigenvalue weighted by Gasteiger charge is -2.16. The summed E-state index contributed by atoms with van der Waals surface area (Å²) in [4.78, 5) is 33.8. The van der Waals surface area contributed by atoms with E-state index in [2.05, 4.69) is 11.9 Å². The van der Waals surface area contributed by atoms with Crippen molar-refractivity contribution < 1.29 is 4.79 Å². The Hall–Kier alpha value is -2.99. The van der Waals surface area contributed by atoms with Gasteiger partial charge in [0, 0.05) is 12.1 Å². The number of para-hydroxylation sites is 3. The molecule has 0 unspecified atom stereocenters. The molecule has 0 N–H and O–H groups in total. The number of rotatable bonds is 6. The molecule has 0 saturated carbocycles. The van der Waals surface area contributed by atoms with Crippen LogP contribution in [0.15, 0.2) is 53.3 Å². The maximum absolute atomic E-state index is 13.4. The summed E-state index contributed by atoms with van der Waals surface area (Å²) in [6, 6.07) is 15.4. The fourth-order valence-electron chi connectivity index (χ4n) is 4.26. The first kappa shape index (κ1) is 19.0. The molecule has 4 aromatic rings. The average molecular weight is 418 g/mol. The van der Waals surface area contributed by atoms with Gasteiger partial charge in [-0.2, -0.15) is 0 Å². The second kappa shape index (κ2) is 7.69. The molecule has 0 aliphatic carbocycles. The molecule has 3 heterocycles. The van der Waals surface area contributed by atoms with Crippen LogP contribution in [0.1, 0.15) is 44.6 Å². The van der Waals surface area contributed by atoms with Crippen LogP contribution < -0.4 is 15.0 Å². The molecule has 6 heteroatoms. The van der Waals surface area contributed by atoms with Gasteiger partial charge in [0.2, 0.25) is 0 Å². The van der Waals surface area contributed by atoms with Crippen LogP contribution in [-0.4, -0.2) is 21.8 Å². The molecular weight excluding hydrogens is 394 g/mol. The van der Waals surface area contributed by atoms with Gasteiger partial charge in [0.1, 0.15) is 4.53 Å². The molecule has 2 aromatic heterocycles. The third-order valence-electron chi connectivity index (χ3n) is 5.76. The molecule has 0 fully saturated rings. The van der Waals surface area contributed by atoms with Crippen molar-refractivity contribution in [2.45, 2.75) is 39.0 Å². The maximum atomic E-state index is 13.4. The zero-order chi connectivity index (χ0) is 20.7. The van der Waals surface area contributed by atoms with Crippen LogP contribution >= 0.6 is 11.3 Å². The van der Waals surface area contributed by atoms with Crippen LogP contribution in [0.25, 0.3) is 21.6 Å². The fourth-order valence-corrected chi connectivity index (χ4v) is 5.33. The lowest BCUT2D eigenvalue weighted by molar-refractivity contribution is -0.113. The molecule has 152 valence electrons. The SMILES string of the molecule is CCCCCCCN1C(=O)/C(=c2\sc3nc4ccccc4n3c2=O)c2ccccc21. The highest BCUT2D eigenvalue weighted by atomic mass is 32.1. The zero-order valence-electron chi connectivity index (χ0n) is 16.9. The van der Waals surface area contributed by atoms with E-state index >= 15 is 0 Å². The number of nitrogens with zero attached hydrogens (tertiary/aromatic N) is 3. The number of carbonyl (C=O) groups is 1. The van der Waals surface area contributed by atoms with Crippen LogP contribution in [-0.2, 0) is 4.79 Å². The molecule has 2 aromatic carbocycles. The van der Waals surface area contributed by atoms with E-state index in [0.29, 0.717) is 21.6 Å². The minimum atomic E-state index is -0.161. The summed E-state index contributed by atoms with van der Waals surface area (Å²) in [7, 11) is 0. The number of hydrogen-bond donors (Lipinski definition) is 0. The highest BCUT2D eigenvalue weighted by Crippen LogP contribution is 2.35. The van der Waals surface area contributed by atoms with Crippen molar-refractivity contribution in [3.8, 4) is 0 Å². The summed E-state index contributed by atoms with van der Waals surface area (Å²) in [5.74, 6) is -0.0717. The van der Waals surface area contributed by atoms with E-state index < -0.39 is 0 Å². The average Bonchev–Trinajstić information content (AvgIpc) is 3.37. The number of unbranched alkanes of at least 4 members (excludes halogenated alkanes) is 4. The van der Waals surface area contributed by atoms with Gasteiger partial charge in [-0.1, -0.05) is 74.3 Å². The molecular formula is C24H23N3O2S. The number of carbonyl (C=O) groups excluding carboxylic acids is 1. The molecule has 0 bridgehead atoms. The zero-order valence-corrected chi connectivity index (χ0v) is 17.7.